The average molecular weight is 389 g/mol. The predicted molar refractivity (Wildman–Crippen MR) is 114 cm³/mol. The highest BCUT2D eigenvalue weighted by molar-refractivity contribution is 6.06. The normalized spacial score (nSPS) is 13.8. The third-order valence-corrected chi connectivity index (χ3v) is 4.93. The highest BCUT2D eigenvalue weighted by Gasteiger charge is 2.19. The minimum absolute atomic E-state index is 0.221. The molecular formula is C22H23N5O2. The van der Waals surface area contributed by atoms with Crippen molar-refractivity contribution in [3.8, 4) is 5.75 Å². The van der Waals surface area contributed by atoms with Crippen LogP contribution in [0.5, 0.6) is 5.75 Å². The first kappa shape index (κ1) is 18.7. The number of para-hydroxylation sites is 1. The number of methoxy groups -OCH3 is 1. The van der Waals surface area contributed by atoms with Crippen LogP contribution in [0.2, 0.25) is 0 Å². The van der Waals surface area contributed by atoms with E-state index in [1.54, 1.807) is 25.4 Å². The summed E-state index contributed by atoms with van der Waals surface area (Å²) in [5.41, 5.74) is 1.14. The van der Waals surface area contributed by atoms with Gasteiger partial charge in [-0.25, -0.2) is 9.97 Å². The van der Waals surface area contributed by atoms with Crippen molar-refractivity contribution in [3.05, 3.63) is 72.6 Å². The Morgan fingerprint density at radius 3 is 2.21 bits per heavy atom. The quantitative estimate of drug-likeness (QED) is 0.723. The van der Waals surface area contributed by atoms with Crippen molar-refractivity contribution in [2.45, 2.75) is 0 Å². The molecule has 1 aliphatic heterocycles. The molecule has 1 saturated heterocycles. The van der Waals surface area contributed by atoms with Gasteiger partial charge < -0.3 is 19.9 Å². The molecule has 3 heterocycles. The topological polar surface area (TPSA) is 70.6 Å². The Bertz CT molecular complexity index is 954. The van der Waals surface area contributed by atoms with Gasteiger partial charge >= 0.3 is 0 Å². The Morgan fingerprint density at radius 2 is 1.59 bits per heavy atom. The molecule has 1 aromatic carbocycles. The van der Waals surface area contributed by atoms with E-state index in [9.17, 15) is 4.79 Å². The summed E-state index contributed by atoms with van der Waals surface area (Å²) in [5, 5.41) is 2.88. The Morgan fingerprint density at radius 1 is 0.897 bits per heavy atom. The second kappa shape index (κ2) is 8.60. The number of hydrogen-bond donors (Lipinski definition) is 1. The first-order valence-corrected chi connectivity index (χ1v) is 9.56. The smallest absolute Gasteiger partial charge is 0.259 e. The number of piperazine rings is 1. The summed E-state index contributed by atoms with van der Waals surface area (Å²) in [4.78, 5) is 26.0. The zero-order valence-electron chi connectivity index (χ0n) is 16.3. The predicted octanol–water partition coefficient (Wildman–Crippen LogP) is 3.06. The van der Waals surface area contributed by atoms with E-state index >= 15 is 0 Å². The molecule has 0 spiro atoms. The highest BCUT2D eigenvalue weighted by atomic mass is 16.5. The van der Waals surface area contributed by atoms with Gasteiger partial charge in [-0.2, -0.15) is 0 Å². The van der Waals surface area contributed by atoms with Crippen LogP contribution >= 0.6 is 0 Å². The largest absolute Gasteiger partial charge is 0.496 e. The molecule has 3 aromatic rings. The van der Waals surface area contributed by atoms with Crippen LogP contribution in [0.4, 0.5) is 17.3 Å². The van der Waals surface area contributed by atoms with Crippen molar-refractivity contribution in [3.63, 3.8) is 0 Å². The summed E-state index contributed by atoms with van der Waals surface area (Å²) >= 11 is 0. The fourth-order valence-electron chi connectivity index (χ4n) is 3.38. The number of nitrogens with one attached hydrogen (secondary N) is 1. The van der Waals surface area contributed by atoms with Crippen LogP contribution in [0, 0.1) is 0 Å². The van der Waals surface area contributed by atoms with Gasteiger partial charge in [0.15, 0.2) is 0 Å². The van der Waals surface area contributed by atoms with Gasteiger partial charge in [-0.1, -0.05) is 18.2 Å². The summed E-state index contributed by atoms with van der Waals surface area (Å²) in [7, 11) is 1.55. The average Bonchev–Trinajstić information content (AvgIpc) is 2.80. The minimum Gasteiger partial charge on any atom is -0.496 e. The molecule has 7 heteroatoms. The van der Waals surface area contributed by atoms with Crippen LogP contribution in [0.1, 0.15) is 10.4 Å². The van der Waals surface area contributed by atoms with E-state index in [2.05, 4.69) is 25.1 Å². The fraction of sp³-hybridized carbons (Fsp3) is 0.227. The molecule has 0 aliphatic carbocycles. The lowest BCUT2D eigenvalue weighted by Crippen LogP contribution is -2.47. The number of carbonyl (C=O) groups excluding carboxylic acids is 1. The molecule has 0 saturated carbocycles. The van der Waals surface area contributed by atoms with Crippen molar-refractivity contribution in [1.29, 1.82) is 0 Å². The molecule has 0 atom stereocenters. The van der Waals surface area contributed by atoms with Crippen LogP contribution < -0.4 is 19.9 Å². The molecule has 0 radical (unpaired) electrons. The Kier molecular flexibility index (Phi) is 5.56. The van der Waals surface area contributed by atoms with E-state index in [0.717, 1.165) is 37.8 Å². The first-order valence-electron chi connectivity index (χ1n) is 9.56. The summed E-state index contributed by atoms with van der Waals surface area (Å²) in [5.74, 6) is 2.23. The van der Waals surface area contributed by atoms with Gasteiger partial charge in [-0.15, -0.1) is 0 Å². The first-order chi connectivity index (χ1) is 14.2. The van der Waals surface area contributed by atoms with Crippen molar-refractivity contribution >= 4 is 23.2 Å². The van der Waals surface area contributed by atoms with Crippen molar-refractivity contribution < 1.29 is 9.53 Å². The number of amides is 1. The number of hydrogen-bond acceptors (Lipinski definition) is 6. The van der Waals surface area contributed by atoms with E-state index in [4.69, 9.17) is 4.74 Å². The number of nitrogens with zero attached hydrogens (tertiary/aromatic N) is 4. The molecular weight excluding hydrogens is 366 g/mol. The molecule has 1 amide bonds. The van der Waals surface area contributed by atoms with Crippen molar-refractivity contribution in [2.24, 2.45) is 0 Å². The lowest BCUT2D eigenvalue weighted by atomic mass is 10.2. The fourth-order valence-corrected chi connectivity index (χ4v) is 3.38. The number of ether oxygens (including phenoxy) is 1. The van der Waals surface area contributed by atoms with Crippen molar-refractivity contribution in [1.82, 2.24) is 9.97 Å². The molecule has 1 N–H and O–H groups in total. The van der Waals surface area contributed by atoms with E-state index in [1.165, 1.54) is 0 Å². The zero-order chi connectivity index (χ0) is 20.1. The summed E-state index contributed by atoms with van der Waals surface area (Å²) in [6, 6.07) is 16.9. The standard InChI is InChI=1S/C22H23N5O2/c1-29-19-7-3-2-6-18(19)22(28)25-17-9-10-21(24-16-17)27-14-12-26(13-15-27)20-8-4-5-11-23-20/h2-11,16H,12-15H2,1H3,(H,25,28). The molecule has 148 valence electrons. The number of benzene rings is 1. The zero-order valence-corrected chi connectivity index (χ0v) is 16.3. The number of carbonyl (C=O) groups is 1. The second-order valence-corrected chi connectivity index (χ2v) is 6.72. The van der Waals surface area contributed by atoms with E-state index in [-0.39, 0.29) is 5.91 Å². The van der Waals surface area contributed by atoms with Crippen LogP contribution in [-0.2, 0) is 0 Å². The molecule has 0 unspecified atom stereocenters. The van der Waals surface area contributed by atoms with Gasteiger partial charge in [0.25, 0.3) is 5.91 Å². The SMILES string of the molecule is COc1ccccc1C(=O)Nc1ccc(N2CCN(c3ccccn3)CC2)nc1. The molecule has 2 aromatic heterocycles. The van der Waals surface area contributed by atoms with Gasteiger partial charge in [0.2, 0.25) is 0 Å². The van der Waals surface area contributed by atoms with Gasteiger partial charge in [0, 0.05) is 32.4 Å². The number of anilines is 3. The summed E-state index contributed by atoms with van der Waals surface area (Å²) in [6.45, 7) is 3.53. The number of pyridine rings is 2. The summed E-state index contributed by atoms with van der Waals surface area (Å²) in [6.07, 6.45) is 3.51. The maximum Gasteiger partial charge on any atom is 0.259 e. The minimum atomic E-state index is -0.221. The van der Waals surface area contributed by atoms with Crippen LogP contribution in [0.15, 0.2) is 67.0 Å². The Hall–Kier alpha value is -3.61. The van der Waals surface area contributed by atoms with Gasteiger partial charge in [0.05, 0.1) is 24.6 Å². The molecule has 7 nitrogen and oxygen atoms in total. The number of aromatic nitrogens is 2. The molecule has 0 bridgehead atoms. The third kappa shape index (κ3) is 4.29. The maximum atomic E-state index is 12.5. The summed E-state index contributed by atoms with van der Waals surface area (Å²) < 4.78 is 5.25. The van der Waals surface area contributed by atoms with Gasteiger partial charge in [-0.05, 0) is 36.4 Å². The molecule has 1 aliphatic rings. The Labute approximate surface area is 170 Å². The van der Waals surface area contributed by atoms with E-state index in [0.29, 0.717) is 17.0 Å². The van der Waals surface area contributed by atoms with E-state index < -0.39 is 0 Å². The van der Waals surface area contributed by atoms with Crippen LogP contribution in [0.3, 0.4) is 0 Å². The lowest BCUT2D eigenvalue weighted by Gasteiger charge is -2.36. The monoisotopic (exact) mass is 389 g/mol. The number of rotatable bonds is 5. The van der Waals surface area contributed by atoms with Crippen LogP contribution in [-0.4, -0.2) is 49.2 Å². The van der Waals surface area contributed by atoms with E-state index in [1.807, 2.05) is 48.7 Å². The van der Waals surface area contributed by atoms with Crippen molar-refractivity contribution in [2.75, 3.05) is 48.4 Å². The highest BCUT2D eigenvalue weighted by Crippen LogP contribution is 2.21. The third-order valence-electron chi connectivity index (χ3n) is 4.93. The van der Waals surface area contributed by atoms with Gasteiger partial charge in [-0.3, -0.25) is 4.79 Å². The molecule has 4 rings (SSSR count). The maximum absolute atomic E-state index is 12.5. The lowest BCUT2D eigenvalue weighted by molar-refractivity contribution is 0.102. The Balaban J connectivity index is 1.37. The van der Waals surface area contributed by atoms with Gasteiger partial charge in [0.1, 0.15) is 17.4 Å². The second-order valence-electron chi connectivity index (χ2n) is 6.72. The van der Waals surface area contributed by atoms with Crippen LogP contribution in [0.25, 0.3) is 0 Å². The molecule has 29 heavy (non-hydrogen) atoms. The molecule has 1 fully saturated rings.